The quantitative estimate of drug-likeness (QED) is 0.610. The third-order valence-electron chi connectivity index (χ3n) is 5.01. The van der Waals surface area contributed by atoms with Crippen molar-refractivity contribution < 1.29 is 27.4 Å². The van der Waals surface area contributed by atoms with Crippen LogP contribution in [0.2, 0.25) is 0 Å². The van der Waals surface area contributed by atoms with Crippen LogP contribution in [-0.2, 0) is 9.47 Å². The topological polar surface area (TPSA) is 104 Å². The van der Waals surface area contributed by atoms with Crippen molar-refractivity contribution in [3.63, 3.8) is 0 Å². The van der Waals surface area contributed by atoms with Gasteiger partial charge in [0.1, 0.15) is 5.60 Å². The molecular formula is C21H32F3N5O3. The summed E-state index contributed by atoms with van der Waals surface area (Å²) in [6, 6.07) is 0.523. The molecule has 2 atom stereocenters. The van der Waals surface area contributed by atoms with Crippen LogP contribution in [0.1, 0.15) is 70.8 Å². The summed E-state index contributed by atoms with van der Waals surface area (Å²) in [4.78, 5) is 16.8. The third-order valence-corrected chi connectivity index (χ3v) is 5.01. The zero-order valence-electron chi connectivity index (χ0n) is 19.3. The number of imidazole rings is 1. The largest absolute Gasteiger partial charge is 0.444 e. The van der Waals surface area contributed by atoms with E-state index >= 15 is 0 Å². The number of carbonyl (C=O) groups excluding carboxylic acids is 1. The molecule has 0 aliphatic carbocycles. The standard InChI is InChI=1S/C21H32F3N5O3/c1-19(2,3)32-18(30)28-15(7-8-20(4,5)21(22,23)24)16-11-29-17(27-16)9-13(10-26-29)14(25)12-31-6/h9-11,14-15H,7-8,12,25H2,1-6H3,(H,28,30)/t14-,15+/m1/s1. The molecular weight excluding hydrogens is 427 g/mol. The fourth-order valence-corrected chi connectivity index (χ4v) is 2.95. The highest BCUT2D eigenvalue weighted by Crippen LogP contribution is 2.42. The molecule has 0 radical (unpaired) electrons. The van der Waals surface area contributed by atoms with E-state index in [1.165, 1.54) is 11.6 Å². The predicted molar refractivity (Wildman–Crippen MR) is 113 cm³/mol. The van der Waals surface area contributed by atoms with Crippen molar-refractivity contribution in [2.45, 2.75) is 71.3 Å². The van der Waals surface area contributed by atoms with E-state index < -0.39 is 35.4 Å². The van der Waals surface area contributed by atoms with Crippen LogP contribution in [0.5, 0.6) is 0 Å². The Hall–Kier alpha value is -2.40. The van der Waals surface area contributed by atoms with Crippen LogP contribution in [0.15, 0.2) is 18.5 Å². The first-order valence-corrected chi connectivity index (χ1v) is 10.3. The zero-order valence-corrected chi connectivity index (χ0v) is 19.3. The van der Waals surface area contributed by atoms with Crippen LogP contribution < -0.4 is 11.1 Å². The number of methoxy groups -OCH3 is 1. The first kappa shape index (κ1) is 25.9. The van der Waals surface area contributed by atoms with Gasteiger partial charge in [-0.05, 0) is 45.2 Å². The number of hydrogen-bond acceptors (Lipinski definition) is 6. The van der Waals surface area contributed by atoms with Crippen LogP contribution in [0.25, 0.3) is 5.65 Å². The van der Waals surface area contributed by atoms with Crippen LogP contribution in [0.4, 0.5) is 18.0 Å². The number of hydrogen-bond donors (Lipinski definition) is 2. The molecule has 0 aliphatic heterocycles. The Balaban J connectivity index is 2.32. The molecule has 2 aromatic heterocycles. The van der Waals surface area contributed by atoms with Gasteiger partial charge in [-0.25, -0.2) is 14.3 Å². The summed E-state index contributed by atoms with van der Waals surface area (Å²) in [5.74, 6) is 0. The SMILES string of the molecule is COC[C@@H](N)c1cnn2cc([C@H](CCC(C)(C)C(F)(F)F)NC(=O)OC(C)(C)C)nc2c1. The summed E-state index contributed by atoms with van der Waals surface area (Å²) in [5, 5.41) is 6.92. The summed E-state index contributed by atoms with van der Waals surface area (Å²) in [6.45, 7) is 7.66. The Labute approximate surface area is 185 Å². The van der Waals surface area contributed by atoms with Gasteiger partial charge in [0.15, 0.2) is 5.65 Å². The Morgan fingerprint density at radius 1 is 1.25 bits per heavy atom. The van der Waals surface area contributed by atoms with Crippen LogP contribution >= 0.6 is 0 Å². The number of nitrogens with two attached hydrogens (primary N) is 1. The molecule has 0 unspecified atom stereocenters. The Morgan fingerprint density at radius 2 is 1.91 bits per heavy atom. The number of rotatable bonds is 8. The van der Waals surface area contributed by atoms with E-state index in [0.717, 1.165) is 13.8 Å². The maximum Gasteiger partial charge on any atom is 0.408 e. The lowest BCUT2D eigenvalue weighted by atomic mass is 9.85. The van der Waals surface area contributed by atoms with Crippen molar-refractivity contribution in [3.8, 4) is 0 Å². The first-order chi connectivity index (χ1) is 14.6. The van der Waals surface area contributed by atoms with Gasteiger partial charge >= 0.3 is 12.3 Å². The lowest BCUT2D eigenvalue weighted by Gasteiger charge is -2.29. The van der Waals surface area contributed by atoms with Gasteiger partial charge in [-0.2, -0.15) is 18.3 Å². The molecule has 32 heavy (non-hydrogen) atoms. The number of carbonyl (C=O) groups is 1. The summed E-state index contributed by atoms with van der Waals surface area (Å²) in [6.07, 6.45) is -2.18. The number of nitrogens with one attached hydrogen (secondary N) is 1. The van der Waals surface area contributed by atoms with Gasteiger partial charge in [0.2, 0.25) is 0 Å². The first-order valence-electron chi connectivity index (χ1n) is 10.3. The van der Waals surface area contributed by atoms with E-state index in [9.17, 15) is 18.0 Å². The Morgan fingerprint density at radius 3 is 2.47 bits per heavy atom. The number of amides is 1. The number of aromatic nitrogens is 3. The van der Waals surface area contributed by atoms with Gasteiger partial charge in [-0.15, -0.1) is 0 Å². The molecule has 180 valence electrons. The number of alkyl carbamates (subject to hydrolysis) is 1. The van der Waals surface area contributed by atoms with E-state index in [2.05, 4.69) is 15.4 Å². The van der Waals surface area contributed by atoms with Gasteiger partial charge in [-0.1, -0.05) is 13.8 Å². The third kappa shape index (κ3) is 6.80. The van der Waals surface area contributed by atoms with E-state index in [0.29, 0.717) is 23.5 Å². The number of alkyl halides is 3. The van der Waals surface area contributed by atoms with Crippen molar-refractivity contribution in [2.75, 3.05) is 13.7 Å². The second kappa shape index (κ2) is 9.62. The fraction of sp³-hybridized carbons (Fsp3) is 0.667. The summed E-state index contributed by atoms with van der Waals surface area (Å²) in [7, 11) is 1.54. The van der Waals surface area contributed by atoms with Crippen LogP contribution in [-0.4, -0.2) is 46.2 Å². The maximum atomic E-state index is 13.4. The van der Waals surface area contributed by atoms with Gasteiger partial charge in [0.05, 0.1) is 42.2 Å². The molecule has 8 nitrogen and oxygen atoms in total. The molecule has 0 aliphatic rings. The molecule has 2 aromatic rings. The minimum atomic E-state index is -4.38. The maximum absolute atomic E-state index is 13.4. The second-order valence-electron chi connectivity index (χ2n) is 9.44. The number of halogens is 3. The number of ether oxygens (including phenoxy) is 2. The highest BCUT2D eigenvalue weighted by Gasteiger charge is 2.47. The molecule has 0 spiro atoms. The molecule has 1 amide bonds. The Bertz CT molecular complexity index is 922. The number of nitrogens with zero attached hydrogens (tertiary/aromatic N) is 3. The van der Waals surface area contributed by atoms with Crippen molar-refractivity contribution in [2.24, 2.45) is 11.1 Å². The molecule has 2 heterocycles. The lowest BCUT2D eigenvalue weighted by molar-refractivity contribution is -0.214. The molecule has 3 N–H and O–H groups in total. The highest BCUT2D eigenvalue weighted by molar-refractivity contribution is 5.68. The van der Waals surface area contributed by atoms with Gasteiger partial charge in [0.25, 0.3) is 0 Å². The average molecular weight is 460 g/mol. The smallest absolute Gasteiger partial charge is 0.408 e. The average Bonchev–Trinajstić information content (AvgIpc) is 3.06. The number of fused-ring (bicyclic) bond motifs is 1. The summed E-state index contributed by atoms with van der Waals surface area (Å²) >= 11 is 0. The molecule has 0 saturated carbocycles. The monoisotopic (exact) mass is 459 g/mol. The van der Waals surface area contributed by atoms with Gasteiger partial charge in [0, 0.05) is 7.11 Å². The van der Waals surface area contributed by atoms with E-state index in [1.807, 2.05) is 0 Å². The predicted octanol–water partition coefficient (Wildman–Crippen LogP) is 4.31. The minimum Gasteiger partial charge on any atom is -0.444 e. The van der Waals surface area contributed by atoms with E-state index in [1.54, 1.807) is 39.2 Å². The van der Waals surface area contributed by atoms with Crippen LogP contribution in [0.3, 0.4) is 0 Å². The van der Waals surface area contributed by atoms with Gasteiger partial charge < -0.3 is 20.5 Å². The summed E-state index contributed by atoms with van der Waals surface area (Å²) < 4.78 is 51.9. The lowest BCUT2D eigenvalue weighted by Crippen LogP contribution is -2.37. The van der Waals surface area contributed by atoms with Crippen molar-refractivity contribution >= 4 is 11.7 Å². The fourth-order valence-electron chi connectivity index (χ4n) is 2.95. The van der Waals surface area contributed by atoms with Gasteiger partial charge in [-0.3, -0.25) is 0 Å². The molecule has 0 aromatic carbocycles. The minimum absolute atomic E-state index is 0.00564. The molecule has 0 bridgehead atoms. The normalized spacial score (nSPS) is 14.9. The molecule has 0 fully saturated rings. The summed E-state index contributed by atoms with van der Waals surface area (Å²) in [5.41, 5.74) is 4.88. The van der Waals surface area contributed by atoms with Crippen molar-refractivity contribution in [1.29, 1.82) is 0 Å². The van der Waals surface area contributed by atoms with Crippen LogP contribution in [0, 0.1) is 5.41 Å². The second-order valence-corrected chi connectivity index (χ2v) is 9.44. The Kier molecular flexibility index (Phi) is 7.77. The van der Waals surface area contributed by atoms with Crippen molar-refractivity contribution in [1.82, 2.24) is 19.9 Å². The van der Waals surface area contributed by atoms with E-state index in [-0.39, 0.29) is 12.8 Å². The molecule has 11 heteroatoms. The molecule has 0 saturated heterocycles. The highest BCUT2D eigenvalue weighted by atomic mass is 19.4. The van der Waals surface area contributed by atoms with Crippen molar-refractivity contribution in [3.05, 3.63) is 29.7 Å². The molecule has 2 rings (SSSR count). The zero-order chi connectivity index (χ0) is 24.3. The van der Waals surface area contributed by atoms with E-state index in [4.69, 9.17) is 15.2 Å².